The average Bonchev–Trinajstić information content (AvgIpc) is 2.48. The van der Waals surface area contributed by atoms with E-state index in [1.807, 2.05) is 0 Å². The number of halogens is 2. The van der Waals surface area contributed by atoms with Crippen LogP contribution in [0.25, 0.3) is 0 Å². The van der Waals surface area contributed by atoms with Crippen LogP contribution in [0, 0.1) is 0 Å². The van der Waals surface area contributed by atoms with Crippen molar-refractivity contribution < 1.29 is 13.2 Å². The predicted octanol–water partition coefficient (Wildman–Crippen LogP) is 2.50. The highest BCUT2D eigenvalue weighted by molar-refractivity contribution is 7.89. The van der Waals surface area contributed by atoms with Crippen molar-refractivity contribution >= 4 is 33.2 Å². The first kappa shape index (κ1) is 16.8. The van der Waals surface area contributed by atoms with Crippen LogP contribution >= 0.6 is 23.2 Å². The van der Waals surface area contributed by atoms with Crippen molar-refractivity contribution in [1.29, 1.82) is 0 Å². The normalized spacial score (nSPS) is 20.5. The highest BCUT2D eigenvalue weighted by Gasteiger charge is 2.34. The summed E-state index contributed by atoms with van der Waals surface area (Å²) in [7, 11) is -2.27. The molecular weight excluding hydrogens is 335 g/mol. The van der Waals surface area contributed by atoms with Gasteiger partial charge in [-0.25, -0.2) is 8.42 Å². The van der Waals surface area contributed by atoms with E-state index in [1.165, 1.54) is 23.5 Å². The van der Waals surface area contributed by atoms with Crippen LogP contribution in [0.5, 0.6) is 5.75 Å². The lowest BCUT2D eigenvalue weighted by molar-refractivity contribution is 0.257. The van der Waals surface area contributed by atoms with Crippen LogP contribution in [0.1, 0.15) is 19.3 Å². The van der Waals surface area contributed by atoms with E-state index >= 15 is 0 Å². The molecule has 1 aliphatic heterocycles. The smallest absolute Gasteiger partial charge is 0.244 e. The van der Waals surface area contributed by atoms with Crippen molar-refractivity contribution in [2.24, 2.45) is 5.73 Å². The van der Waals surface area contributed by atoms with Gasteiger partial charge in [0.15, 0.2) is 0 Å². The number of sulfonamides is 1. The van der Waals surface area contributed by atoms with E-state index in [4.69, 9.17) is 33.7 Å². The Hall–Kier alpha value is -0.530. The Bertz CT molecular complexity index is 622. The summed E-state index contributed by atoms with van der Waals surface area (Å²) in [5.74, 6) is 0.342. The zero-order valence-electron chi connectivity index (χ0n) is 11.7. The summed E-state index contributed by atoms with van der Waals surface area (Å²) >= 11 is 12.1. The number of hydrogen-bond acceptors (Lipinski definition) is 4. The minimum absolute atomic E-state index is 0.00434. The molecule has 5 nitrogen and oxygen atoms in total. The molecule has 118 valence electrons. The molecule has 1 aromatic rings. The molecule has 1 unspecified atom stereocenters. The fraction of sp³-hybridized carbons (Fsp3) is 0.538. The lowest BCUT2D eigenvalue weighted by Crippen LogP contribution is -2.47. The summed E-state index contributed by atoms with van der Waals surface area (Å²) in [5.41, 5.74) is 5.70. The minimum Gasteiger partial charge on any atom is -0.495 e. The van der Waals surface area contributed by atoms with Crippen molar-refractivity contribution in [3.05, 3.63) is 22.2 Å². The maximum absolute atomic E-state index is 12.8. The molecule has 0 amide bonds. The van der Waals surface area contributed by atoms with E-state index in [1.54, 1.807) is 0 Å². The summed E-state index contributed by atoms with van der Waals surface area (Å²) in [5, 5.41) is 0.305. The number of nitrogens with zero attached hydrogens (tertiary/aromatic N) is 1. The van der Waals surface area contributed by atoms with Gasteiger partial charge in [0.2, 0.25) is 10.0 Å². The molecule has 1 atom stereocenters. The molecule has 0 spiro atoms. The predicted molar refractivity (Wildman–Crippen MR) is 83.6 cm³/mol. The Morgan fingerprint density at radius 2 is 2.05 bits per heavy atom. The number of piperidine rings is 1. The van der Waals surface area contributed by atoms with Gasteiger partial charge >= 0.3 is 0 Å². The molecule has 1 heterocycles. The maximum atomic E-state index is 12.8. The van der Waals surface area contributed by atoms with Gasteiger partial charge in [-0.15, -0.1) is 0 Å². The van der Waals surface area contributed by atoms with Gasteiger partial charge in [-0.3, -0.25) is 0 Å². The second-order valence-corrected chi connectivity index (χ2v) is 7.59. The standard InChI is InChI=1S/C13H18Cl2N2O3S/c1-20-12-6-11(15)13(7-10(12)14)21(18,19)17-5-3-2-4-9(17)8-16/h6-7,9H,2-5,8,16H2,1H3. The first-order chi connectivity index (χ1) is 9.91. The van der Waals surface area contributed by atoms with Crippen molar-refractivity contribution in [2.75, 3.05) is 20.2 Å². The van der Waals surface area contributed by atoms with Gasteiger partial charge in [0.25, 0.3) is 0 Å². The fourth-order valence-electron chi connectivity index (χ4n) is 2.52. The molecule has 0 aromatic heterocycles. The maximum Gasteiger partial charge on any atom is 0.244 e. The van der Waals surface area contributed by atoms with E-state index in [2.05, 4.69) is 0 Å². The molecule has 0 bridgehead atoms. The number of nitrogens with two attached hydrogens (primary N) is 1. The van der Waals surface area contributed by atoms with Gasteiger partial charge in [0.1, 0.15) is 10.6 Å². The lowest BCUT2D eigenvalue weighted by atomic mass is 10.1. The Morgan fingerprint density at radius 3 is 2.67 bits per heavy atom. The topological polar surface area (TPSA) is 72.6 Å². The molecule has 21 heavy (non-hydrogen) atoms. The first-order valence-electron chi connectivity index (χ1n) is 6.66. The second-order valence-electron chi connectivity index (χ2n) is 4.92. The molecule has 0 saturated carbocycles. The Kier molecular flexibility index (Phi) is 5.38. The molecule has 2 rings (SSSR count). The van der Waals surface area contributed by atoms with Crippen LogP contribution in [-0.4, -0.2) is 39.0 Å². The van der Waals surface area contributed by atoms with Crippen molar-refractivity contribution in [2.45, 2.75) is 30.2 Å². The molecule has 0 aliphatic carbocycles. The Labute approximate surface area is 135 Å². The van der Waals surface area contributed by atoms with E-state index in [9.17, 15) is 8.42 Å². The van der Waals surface area contributed by atoms with Gasteiger partial charge in [-0.1, -0.05) is 29.6 Å². The van der Waals surface area contributed by atoms with Gasteiger partial charge in [-0.05, 0) is 18.9 Å². The van der Waals surface area contributed by atoms with E-state index < -0.39 is 10.0 Å². The minimum atomic E-state index is -3.72. The summed E-state index contributed by atoms with van der Waals surface area (Å²) < 4.78 is 32.1. The van der Waals surface area contributed by atoms with Crippen LogP contribution in [0.4, 0.5) is 0 Å². The molecular formula is C13H18Cl2N2O3S. The molecule has 1 aliphatic rings. The van der Waals surface area contributed by atoms with Crippen LogP contribution in [0.15, 0.2) is 17.0 Å². The zero-order valence-corrected chi connectivity index (χ0v) is 14.0. The Balaban J connectivity index is 2.46. The Morgan fingerprint density at radius 1 is 1.33 bits per heavy atom. The number of rotatable bonds is 4. The van der Waals surface area contributed by atoms with E-state index in [0.29, 0.717) is 18.8 Å². The van der Waals surface area contributed by atoms with Crippen molar-refractivity contribution in [3.63, 3.8) is 0 Å². The third kappa shape index (κ3) is 3.29. The first-order valence-corrected chi connectivity index (χ1v) is 8.86. The largest absolute Gasteiger partial charge is 0.495 e. The molecule has 1 aromatic carbocycles. The molecule has 1 saturated heterocycles. The lowest BCUT2D eigenvalue weighted by Gasteiger charge is -2.34. The van der Waals surface area contributed by atoms with Crippen LogP contribution in [-0.2, 0) is 10.0 Å². The summed E-state index contributed by atoms with van der Waals surface area (Å²) in [4.78, 5) is -0.00434. The van der Waals surface area contributed by atoms with Gasteiger partial charge < -0.3 is 10.5 Å². The number of methoxy groups -OCH3 is 1. The zero-order chi connectivity index (χ0) is 15.6. The molecule has 1 fully saturated rings. The second kappa shape index (κ2) is 6.71. The quantitative estimate of drug-likeness (QED) is 0.903. The number of benzene rings is 1. The summed E-state index contributed by atoms with van der Waals surface area (Å²) in [6.07, 6.45) is 2.56. The monoisotopic (exact) mass is 352 g/mol. The molecule has 0 radical (unpaired) electrons. The van der Waals surface area contributed by atoms with E-state index in [-0.39, 0.29) is 21.0 Å². The third-order valence-corrected chi connectivity index (χ3v) is 6.35. The number of hydrogen-bond donors (Lipinski definition) is 1. The van der Waals surface area contributed by atoms with Crippen LogP contribution in [0.3, 0.4) is 0 Å². The van der Waals surface area contributed by atoms with Crippen LogP contribution in [0.2, 0.25) is 10.0 Å². The fourth-order valence-corrected chi connectivity index (χ4v) is 5.05. The summed E-state index contributed by atoms with van der Waals surface area (Å²) in [6, 6.07) is 2.55. The highest BCUT2D eigenvalue weighted by Crippen LogP contribution is 2.36. The molecule has 8 heteroatoms. The van der Waals surface area contributed by atoms with Crippen molar-refractivity contribution in [1.82, 2.24) is 4.31 Å². The average molecular weight is 353 g/mol. The van der Waals surface area contributed by atoms with Gasteiger partial charge in [0.05, 0.1) is 17.2 Å². The highest BCUT2D eigenvalue weighted by atomic mass is 35.5. The molecule has 2 N–H and O–H groups in total. The number of ether oxygens (including phenoxy) is 1. The van der Waals surface area contributed by atoms with E-state index in [0.717, 1.165) is 19.3 Å². The summed E-state index contributed by atoms with van der Waals surface area (Å²) in [6.45, 7) is 0.741. The van der Waals surface area contributed by atoms with Gasteiger partial charge in [-0.2, -0.15) is 4.31 Å². The van der Waals surface area contributed by atoms with Crippen LogP contribution < -0.4 is 10.5 Å². The van der Waals surface area contributed by atoms with Gasteiger partial charge in [0, 0.05) is 25.2 Å². The SMILES string of the molecule is COc1cc(Cl)c(S(=O)(=O)N2CCCCC2CN)cc1Cl. The van der Waals surface area contributed by atoms with Crippen molar-refractivity contribution in [3.8, 4) is 5.75 Å². The third-order valence-electron chi connectivity index (χ3n) is 3.64.